The molecule has 25 heavy (non-hydrogen) atoms. The van der Waals surface area contributed by atoms with Gasteiger partial charge in [0, 0.05) is 38.1 Å². The molecule has 1 fully saturated rings. The molecule has 0 N–H and O–H groups in total. The first-order valence-electron chi connectivity index (χ1n) is 8.22. The van der Waals surface area contributed by atoms with Crippen molar-refractivity contribution in [2.45, 2.75) is 19.4 Å². The molecule has 128 valence electrons. The third-order valence-corrected chi connectivity index (χ3v) is 4.51. The molecule has 7 nitrogen and oxygen atoms in total. The molecule has 3 heterocycles. The maximum absolute atomic E-state index is 14.4. The van der Waals surface area contributed by atoms with E-state index in [9.17, 15) is 9.18 Å². The van der Waals surface area contributed by atoms with Gasteiger partial charge in [-0.3, -0.25) is 19.4 Å². The molecule has 0 saturated carbocycles. The summed E-state index contributed by atoms with van der Waals surface area (Å²) in [4.78, 5) is 26.7. The number of carbonyl (C=O) groups excluding carboxylic acids is 1. The SMILES string of the molecule is O=C(c1cc2nccnc2cc1F)N1CCCC(Cn2cncn2)C1. The summed E-state index contributed by atoms with van der Waals surface area (Å²) in [5.74, 6) is -0.576. The maximum Gasteiger partial charge on any atom is 0.256 e. The van der Waals surface area contributed by atoms with Crippen LogP contribution in [-0.4, -0.2) is 48.6 Å². The van der Waals surface area contributed by atoms with Crippen LogP contribution in [0.1, 0.15) is 23.2 Å². The maximum atomic E-state index is 14.4. The van der Waals surface area contributed by atoms with Crippen LogP contribution in [0.2, 0.25) is 0 Å². The van der Waals surface area contributed by atoms with Crippen LogP contribution in [0.3, 0.4) is 0 Å². The van der Waals surface area contributed by atoms with E-state index in [1.54, 1.807) is 15.9 Å². The zero-order valence-electron chi connectivity index (χ0n) is 13.5. The molecular weight excluding hydrogens is 323 g/mol. The zero-order valence-corrected chi connectivity index (χ0v) is 13.5. The molecule has 3 aromatic rings. The molecule has 1 aliphatic rings. The minimum absolute atomic E-state index is 0.0504. The highest BCUT2D eigenvalue weighted by molar-refractivity contribution is 5.97. The Balaban J connectivity index is 1.54. The van der Waals surface area contributed by atoms with E-state index in [1.165, 1.54) is 30.9 Å². The van der Waals surface area contributed by atoms with Gasteiger partial charge in [0.2, 0.25) is 0 Å². The zero-order chi connectivity index (χ0) is 17.2. The van der Waals surface area contributed by atoms with Gasteiger partial charge in [-0.1, -0.05) is 0 Å². The van der Waals surface area contributed by atoms with Crippen LogP contribution >= 0.6 is 0 Å². The quantitative estimate of drug-likeness (QED) is 0.728. The molecule has 4 rings (SSSR count). The van der Waals surface area contributed by atoms with E-state index in [1.807, 2.05) is 0 Å². The predicted molar refractivity (Wildman–Crippen MR) is 88.1 cm³/mol. The molecule has 8 heteroatoms. The van der Waals surface area contributed by atoms with Gasteiger partial charge in [-0.15, -0.1) is 0 Å². The lowest BCUT2D eigenvalue weighted by molar-refractivity contribution is 0.0655. The third kappa shape index (κ3) is 3.19. The summed E-state index contributed by atoms with van der Waals surface area (Å²) < 4.78 is 16.2. The van der Waals surface area contributed by atoms with Crippen LogP contribution in [0.15, 0.2) is 37.2 Å². The fraction of sp³-hybridized carbons (Fsp3) is 0.353. The minimum atomic E-state index is -0.559. The van der Waals surface area contributed by atoms with Crippen molar-refractivity contribution in [2.24, 2.45) is 5.92 Å². The number of carbonyl (C=O) groups is 1. The summed E-state index contributed by atoms with van der Waals surface area (Å²) in [6, 6.07) is 2.76. The summed E-state index contributed by atoms with van der Waals surface area (Å²) in [6.45, 7) is 1.91. The fourth-order valence-electron chi connectivity index (χ4n) is 3.31. The number of rotatable bonds is 3. The van der Waals surface area contributed by atoms with Crippen LogP contribution in [0, 0.1) is 11.7 Å². The van der Waals surface area contributed by atoms with Crippen molar-refractivity contribution in [3.8, 4) is 0 Å². The Labute approximate surface area is 143 Å². The van der Waals surface area contributed by atoms with Crippen molar-refractivity contribution in [1.82, 2.24) is 29.6 Å². The number of nitrogens with zero attached hydrogens (tertiary/aromatic N) is 6. The molecule has 1 saturated heterocycles. The Morgan fingerprint density at radius 2 is 2.04 bits per heavy atom. The number of halogens is 1. The Morgan fingerprint density at radius 3 is 2.80 bits per heavy atom. The number of piperidine rings is 1. The molecule has 0 aliphatic carbocycles. The average Bonchev–Trinajstić information content (AvgIpc) is 3.14. The van der Waals surface area contributed by atoms with Crippen LogP contribution in [0.25, 0.3) is 11.0 Å². The summed E-state index contributed by atoms with van der Waals surface area (Å²) in [6.07, 6.45) is 8.10. The van der Waals surface area contributed by atoms with Crippen LogP contribution in [0.4, 0.5) is 4.39 Å². The summed E-state index contributed by atoms with van der Waals surface area (Å²) >= 11 is 0. The van der Waals surface area contributed by atoms with E-state index in [4.69, 9.17) is 0 Å². The lowest BCUT2D eigenvalue weighted by Crippen LogP contribution is -2.41. The molecule has 0 radical (unpaired) electrons. The molecule has 2 aromatic heterocycles. The van der Waals surface area contributed by atoms with E-state index in [0.717, 1.165) is 12.8 Å². The number of fused-ring (bicyclic) bond motifs is 1. The Hall–Kier alpha value is -2.90. The highest BCUT2D eigenvalue weighted by Crippen LogP contribution is 2.22. The Morgan fingerprint density at radius 1 is 1.24 bits per heavy atom. The van der Waals surface area contributed by atoms with E-state index in [-0.39, 0.29) is 17.4 Å². The minimum Gasteiger partial charge on any atom is -0.338 e. The van der Waals surface area contributed by atoms with Gasteiger partial charge in [-0.2, -0.15) is 5.10 Å². The Kier molecular flexibility index (Phi) is 4.09. The molecule has 1 aliphatic heterocycles. The summed E-state index contributed by atoms with van der Waals surface area (Å²) in [5, 5.41) is 4.11. The predicted octanol–water partition coefficient (Wildman–Crippen LogP) is 1.91. The van der Waals surface area contributed by atoms with Crippen LogP contribution < -0.4 is 0 Å². The van der Waals surface area contributed by atoms with Crippen molar-refractivity contribution in [3.63, 3.8) is 0 Å². The van der Waals surface area contributed by atoms with Gasteiger partial charge in [0.1, 0.15) is 18.5 Å². The smallest absolute Gasteiger partial charge is 0.256 e. The van der Waals surface area contributed by atoms with Gasteiger partial charge < -0.3 is 4.90 Å². The lowest BCUT2D eigenvalue weighted by atomic mass is 9.97. The summed E-state index contributed by atoms with van der Waals surface area (Å²) in [5.41, 5.74) is 1.01. The standard InChI is InChI=1S/C17H17FN6O/c18-14-7-16-15(20-3-4-21-16)6-13(14)17(25)23-5-1-2-12(8-23)9-24-11-19-10-22-24/h3-4,6-7,10-12H,1-2,5,8-9H2. The van der Waals surface area contributed by atoms with Crippen molar-refractivity contribution < 1.29 is 9.18 Å². The first-order chi connectivity index (χ1) is 12.2. The average molecular weight is 340 g/mol. The van der Waals surface area contributed by atoms with Gasteiger partial charge in [0.05, 0.1) is 16.6 Å². The molecule has 1 amide bonds. The fourth-order valence-corrected chi connectivity index (χ4v) is 3.31. The van der Waals surface area contributed by atoms with Gasteiger partial charge in [0.25, 0.3) is 5.91 Å². The van der Waals surface area contributed by atoms with Gasteiger partial charge in [-0.05, 0) is 24.8 Å². The van der Waals surface area contributed by atoms with E-state index in [0.29, 0.717) is 30.7 Å². The van der Waals surface area contributed by atoms with Crippen molar-refractivity contribution in [1.29, 1.82) is 0 Å². The first-order valence-corrected chi connectivity index (χ1v) is 8.22. The third-order valence-electron chi connectivity index (χ3n) is 4.51. The number of benzene rings is 1. The van der Waals surface area contributed by atoms with Crippen LogP contribution in [0.5, 0.6) is 0 Å². The van der Waals surface area contributed by atoms with E-state index < -0.39 is 5.82 Å². The molecular formula is C17H17FN6O. The second-order valence-corrected chi connectivity index (χ2v) is 6.25. The van der Waals surface area contributed by atoms with Crippen molar-refractivity contribution >= 4 is 16.9 Å². The first kappa shape index (κ1) is 15.6. The second-order valence-electron chi connectivity index (χ2n) is 6.25. The van der Waals surface area contributed by atoms with E-state index >= 15 is 0 Å². The van der Waals surface area contributed by atoms with Gasteiger partial charge in [0.15, 0.2) is 0 Å². The monoisotopic (exact) mass is 340 g/mol. The number of amides is 1. The second kappa shape index (κ2) is 6.54. The summed E-state index contributed by atoms with van der Waals surface area (Å²) in [7, 11) is 0. The van der Waals surface area contributed by atoms with Gasteiger partial charge >= 0.3 is 0 Å². The highest BCUT2D eigenvalue weighted by Gasteiger charge is 2.27. The van der Waals surface area contributed by atoms with Crippen LogP contribution in [-0.2, 0) is 6.54 Å². The topological polar surface area (TPSA) is 76.8 Å². The van der Waals surface area contributed by atoms with E-state index in [2.05, 4.69) is 20.1 Å². The Bertz CT molecular complexity index is 897. The number of likely N-dealkylation sites (tertiary alicyclic amines) is 1. The lowest BCUT2D eigenvalue weighted by Gasteiger charge is -2.32. The highest BCUT2D eigenvalue weighted by atomic mass is 19.1. The normalized spacial score (nSPS) is 17.8. The number of hydrogen-bond acceptors (Lipinski definition) is 5. The number of aromatic nitrogens is 5. The van der Waals surface area contributed by atoms with Crippen molar-refractivity contribution in [2.75, 3.05) is 13.1 Å². The number of hydrogen-bond donors (Lipinski definition) is 0. The molecule has 1 atom stereocenters. The van der Waals surface area contributed by atoms with Gasteiger partial charge in [-0.25, -0.2) is 9.37 Å². The largest absolute Gasteiger partial charge is 0.338 e. The van der Waals surface area contributed by atoms with Crippen molar-refractivity contribution in [3.05, 3.63) is 48.6 Å². The molecule has 1 aromatic carbocycles. The molecule has 1 unspecified atom stereocenters. The molecule has 0 spiro atoms. The molecule has 0 bridgehead atoms.